The predicted molar refractivity (Wildman–Crippen MR) is 70.8 cm³/mol. The zero-order chi connectivity index (χ0) is 16.5. The van der Waals surface area contributed by atoms with E-state index >= 15 is 0 Å². The molecule has 0 fully saturated rings. The van der Waals surface area contributed by atoms with Crippen molar-refractivity contribution < 1.29 is 26.4 Å². The quantitative estimate of drug-likeness (QED) is 0.864. The summed E-state index contributed by atoms with van der Waals surface area (Å²) in [7, 11) is -4.65. The van der Waals surface area contributed by atoms with E-state index in [4.69, 9.17) is 0 Å². The molecule has 1 aromatic rings. The van der Waals surface area contributed by atoms with Gasteiger partial charge in [-0.3, -0.25) is 5.43 Å². The lowest BCUT2D eigenvalue weighted by atomic mass is 10.2. The lowest BCUT2D eigenvalue weighted by Gasteiger charge is -2.19. The summed E-state index contributed by atoms with van der Waals surface area (Å²) < 4.78 is 64.3. The third-order valence-corrected chi connectivity index (χ3v) is 4.22. The van der Waals surface area contributed by atoms with Crippen molar-refractivity contribution in [2.24, 2.45) is 0 Å². The van der Waals surface area contributed by atoms with Crippen LogP contribution in [0.4, 0.5) is 18.0 Å². The number of amides is 2. The number of urea groups is 1. The second-order valence-electron chi connectivity index (χ2n) is 4.51. The fourth-order valence-electron chi connectivity index (χ4n) is 1.83. The van der Waals surface area contributed by atoms with E-state index in [1.54, 1.807) is 17.7 Å². The summed E-state index contributed by atoms with van der Waals surface area (Å²) in [5.41, 5.74) is 1.86. The minimum absolute atomic E-state index is 0.105. The topological polar surface area (TPSA) is 78.5 Å². The molecule has 10 heteroatoms. The molecule has 0 radical (unpaired) electrons. The molecule has 0 saturated carbocycles. The first kappa shape index (κ1) is 16.1. The Bertz CT molecular complexity index is 729. The van der Waals surface area contributed by atoms with Crippen LogP contribution < -0.4 is 10.1 Å². The van der Waals surface area contributed by atoms with Gasteiger partial charge in [0.15, 0.2) is 0 Å². The van der Waals surface area contributed by atoms with Crippen molar-refractivity contribution in [2.45, 2.75) is 18.0 Å². The molecule has 2 amide bonds. The summed E-state index contributed by atoms with van der Waals surface area (Å²) in [5, 5.41) is 0.934. The summed E-state index contributed by atoms with van der Waals surface area (Å²) in [6.45, 7) is 1.76. The van der Waals surface area contributed by atoms with Crippen LogP contribution in [0, 0.1) is 0 Å². The average molecular weight is 335 g/mol. The van der Waals surface area contributed by atoms with Gasteiger partial charge in [0.2, 0.25) is 0 Å². The number of nitrogens with one attached hydrogen (secondary N) is 2. The Morgan fingerprint density at radius 2 is 1.95 bits per heavy atom. The summed E-state index contributed by atoms with van der Waals surface area (Å²) in [6.07, 6.45) is -3.23. The Balaban J connectivity index is 2.27. The van der Waals surface area contributed by atoms with E-state index in [9.17, 15) is 26.4 Å². The first-order valence-electron chi connectivity index (χ1n) is 6.05. The maximum atomic E-state index is 12.9. The molecular formula is C12H12F3N3O3S. The molecular weight excluding hydrogens is 323 g/mol. The van der Waals surface area contributed by atoms with Crippen molar-refractivity contribution in [3.8, 4) is 0 Å². The van der Waals surface area contributed by atoms with E-state index < -0.39 is 32.7 Å². The average Bonchev–Trinajstić information content (AvgIpc) is 2.84. The van der Waals surface area contributed by atoms with Gasteiger partial charge in [-0.2, -0.15) is 13.2 Å². The van der Waals surface area contributed by atoms with Crippen molar-refractivity contribution in [3.05, 3.63) is 41.6 Å². The highest BCUT2D eigenvalue weighted by Crippen LogP contribution is 2.33. The van der Waals surface area contributed by atoms with Gasteiger partial charge in [-0.15, -0.1) is 0 Å². The maximum absolute atomic E-state index is 12.9. The fraction of sp³-hybridized carbons (Fsp3) is 0.250. The second kappa shape index (κ2) is 5.52. The Kier molecular flexibility index (Phi) is 4.05. The molecule has 1 heterocycles. The fourth-order valence-corrected chi connectivity index (χ4v) is 3.01. The Morgan fingerprint density at radius 3 is 2.50 bits per heavy atom. The van der Waals surface area contributed by atoms with Gasteiger partial charge in [0.1, 0.15) is 0 Å². The number of allylic oxidation sites excluding steroid dienone is 1. The molecule has 0 bridgehead atoms. The van der Waals surface area contributed by atoms with E-state index in [-0.39, 0.29) is 6.54 Å². The van der Waals surface area contributed by atoms with Crippen molar-refractivity contribution in [2.75, 3.05) is 6.54 Å². The number of nitrogens with zero attached hydrogens (tertiary/aromatic N) is 1. The maximum Gasteiger partial charge on any atom is 0.417 e. The molecule has 0 aromatic heterocycles. The highest BCUT2D eigenvalue weighted by molar-refractivity contribution is 7.90. The van der Waals surface area contributed by atoms with Crippen LogP contribution in [0.3, 0.4) is 0 Å². The molecule has 6 nitrogen and oxygen atoms in total. The van der Waals surface area contributed by atoms with Gasteiger partial charge < -0.3 is 0 Å². The number of rotatable bonds is 2. The summed E-state index contributed by atoms with van der Waals surface area (Å²) in [5.74, 6) is 0. The van der Waals surface area contributed by atoms with Crippen LogP contribution in [0.1, 0.15) is 12.5 Å². The third kappa shape index (κ3) is 3.32. The Morgan fingerprint density at radius 1 is 1.32 bits per heavy atom. The molecule has 0 unspecified atom stereocenters. The molecule has 0 atom stereocenters. The lowest BCUT2D eigenvalue weighted by molar-refractivity contribution is -0.139. The molecule has 1 aliphatic rings. The van der Waals surface area contributed by atoms with Gasteiger partial charge >= 0.3 is 12.2 Å². The molecule has 2 rings (SSSR count). The Hall–Kier alpha value is -2.23. The number of halogens is 3. The van der Waals surface area contributed by atoms with E-state index in [2.05, 4.69) is 5.43 Å². The number of sulfonamides is 1. The van der Waals surface area contributed by atoms with E-state index in [1.165, 1.54) is 0 Å². The van der Waals surface area contributed by atoms with Gasteiger partial charge in [-0.1, -0.05) is 12.1 Å². The van der Waals surface area contributed by atoms with Crippen molar-refractivity contribution in [1.29, 1.82) is 0 Å². The minimum Gasteiger partial charge on any atom is -0.299 e. The second-order valence-corrected chi connectivity index (χ2v) is 6.16. The smallest absolute Gasteiger partial charge is 0.299 e. The molecule has 0 spiro atoms. The van der Waals surface area contributed by atoms with Crippen LogP contribution in [0.2, 0.25) is 0 Å². The largest absolute Gasteiger partial charge is 0.417 e. The van der Waals surface area contributed by atoms with E-state index in [0.29, 0.717) is 11.8 Å². The van der Waals surface area contributed by atoms with E-state index in [0.717, 1.165) is 23.2 Å². The molecule has 1 aromatic carbocycles. The first-order chi connectivity index (χ1) is 10.1. The van der Waals surface area contributed by atoms with Crippen molar-refractivity contribution in [3.63, 3.8) is 0 Å². The number of carbonyl (C=O) groups is 1. The molecule has 0 aliphatic carbocycles. The van der Waals surface area contributed by atoms with Crippen LogP contribution in [0.25, 0.3) is 0 Å². The number of alkyl halides is 3. The zero-order valence-corrected chi connectivity index (χ0v) is 12.1. The number of hydrogen-bond donors (Lipinski definition) is 2. The first-order valence-corrected chi connectivity index (χ1v) is 7.53. The van der Waals surface area contributed by atoms with Crippen LogP contribution >= 0.6 is 0 Å². The number of carbonyl (C=O) groups excluding carboxylic acids is 1. The zero-order valence-electron chi connectivity index (χ0n) is 11.3. The third-order valence-electron chi connectivity index (χ3n) is 2.84. The van der Waals surface area contributed by atoms with Crippen LogP contribution in [-0.2, 0) is 16.2 Å². The van der Waals surface area contributed by atoms with Crippen LogP contribution in [-0.4, -0.2) is 26.0 Å². The highest BCUT2D eigenvalue weighted by atomic mass is 32.2. The monoisotopic (exact) mass is 335 g/mol. The molecule has 1 aliphatic heterocycles. The molecule has 0 saturated heterocycles. The lowest BCUT2D eigenvalue weighted by Crippen LogP contribution is -2.46. The van der Waals surface area contributed by atoms with Gasteiger partial charge in [0, 0.05) is 5.70 Å². The predicted octanol–water partition coefficient (Wildman–Crippen LogP) is 1.83. The number of hydrazine groups is 1. The van der Waals surface area contributed by atoms with Gasteiger partial charge in [0.25, 0.3) is 10.0 Å². The number of benzene rings is 1. The Labute approximate surface area is 124 Å². The van der Waals surface area contributed by atoms with Crippen LogP contribution in [0.15, 0.2) is 40.9 Å². The highest BCUT2D eigenvalue weighted by Gasteiger charge is 2.37. The van der Waals surface area contributed by atoms with Crippen molar-refractivity contribution in [1.82, 2.24) is 15.2 Å². The van der Waals surface area contributed by atoms with Crippen LogP contribution in [0.5, 0.6) is 0 Å². The summed E-state index contributed by atoms with van der Waals surface area (Å²) in [4.78, 5) is 10.8. The van der Waals surface area contributed by atoms with Gasteiger partial charge in [-0.05, 0) is 25.1 Å². The standard InChI is InChI=1S/C12H12F3N3O3S/c1-8-6-7-18(16-8)11(19)17-22(20,21)10-5-3-2-4-9(10)12(13,14)15/h2-6,16H,7H2,1H3,(H,17,19). The summed E-state index contributed by atoms with van der Waals surface area (Å²) >= 11 is 0. The molecule has 2 N–H and O–H groups in total. The minimum atomic E-state index is -4.85. The van der Waals surface area contributed by atoms with Gasteiger partial charge in [0.05, 0.1) is 17.0 Å². The molecule has 120 valence electrons. The van der Waals surface area contributed by atoms with Crippen molar-refractivity contribution >= 4 is 16.1 Å². The molecule has 22 heavy (non-hydrogen) atoms. The van der Waals surface area contributed by atoms with Gasteiger partial charge in [-0.25, -0.2) is 22.9 Å². The van der Waals surface area contributed by atoms with E-state index in [1.807, 2.05) is 0 Å². The number of hydrogen-bond acceptors (Lipinski definition) is 4. The summed E-state index contributed by atoms with van der Waals surface area (Å²) in [6, 6.07) is 2.58. The SMILES string of the molecule is CC1=CCN(C(=O)NS(=O)(=O)c2ccccc2C(F)(F)F)N1. The normalized spacial score (nSPS) is 15.3.